The van der Waals surface area contributed by atoms with Crippen molar-refractivity contribution >= 4 is 10.1 Å². The fraction of sp³-hybridized carbons (Fsp3) is 0.250. The minimum Gasteiger partial charge on any atom is -0.508 e. The molecule has 0 saturated carbocycles. The van der Waals surface area contributed by atoms with Crippen molar-refractivity contribution in [2.24, 2.45) is 0 Å². The summed E-state index contributed by atoms with van der Waals surface area (Å²) in [5.74, 6) is -0.0204. The zero-order chi connectivity index (χ0) is 10.1. The number of aromatic hydroxyl groups is 1. The molecule has 1 aromatic carbocycles. The van der Waals surface area contributed by atoms with E-state index in [4.69, 9.17) is 9.66 Å². The number of rotatable bonds is 2. The zero-order valence-corrected chi connectivity index (χ0v) is 7.82. The molecule has 0 aliphatic heterocycles. The lowest BCUT2D eigenvalue weighted by molar-refractivity contribution is 0.468. The van der Waals surface area contributed by atoms with E-state index in [1.165, 1.54) is 31.2 Å². The molecule has 13 heavy (non-hydrogen) atoms. The van der Waals surface area contributed by atoms with Gasteiger partial charge in [-0.1, -0.05) is 12.1 Å². The van der Waals surface area contributed by atoms with Gasteiger partial charge in [-0.05, 0) is 24.6 Å². The van der Waals surface area contributed by atoms with Crippen molar-refractivity contribution in [2.45, 2.75) is 12.2 Å². The maximum Gasteiger partial charge on any atom is 0.271 e. The van der Waals surface area contributed by atoms with Crippen LogP contribution in [-0.4, -0.2) is 18.1 Å². The van der Waals surface area contributed by atoms with Gasteiger partial charge in [0.1, 0.15) is 11.0 Å². The molecule has 0 fully saturated rings. The van der Waals surface area contributed by atoms with Crippen molar-refractivity contribution < 1.29 is 18.1 Å². The van der Waals surface area contributed by atoms with Gasteiger partial charge in [0, 0.05) is 0 Å². The van der Waals surface area contributed by atoms with Gasteiger partial charge in [0.15, 0.2) is 0 Å². The van der Waals surface area contributed by atoms with E-state index < -0.39 is 15.4 Å². The highest BCUT2D eigenvalue weighted by Crippen LogP contribution is 2.23. The standard InChI is InChI=1S/C8H10O4S/c1-6(13(10,11)12)7-3-2-4-8(9)5-7/h2-6,9H,1H3,(H,10,11,12). The number of hydrogen-bond donors (Lipinski definition) is 2. The largest absolute Gasteiger partial charge is 0.508 e. The van der Waals surface area contributed by atoms with Crippen molar-refractivity contribution in [1.82, 2.24) is 0 Å². The van der Waals surface area contributed by atoms with Gasteiger partial charge in [-0.15, -0.1) is 0 Å². The monoisotopic (exact) mass is 202 g/mol. The Bertz CT molecular complexity index is 396. The quantitative estimate of drug-likeness (QED) is 0.710. The highest BCUT2D eigenvalue weighted by Gasteiger charge is 2.19. The third-order valence-electron chi connectivity index (χ3n) is 1.79. The van der Waals surface area contributed by atoms with Gasteiger partial charge < -0.3 is 5.11 Å². The fourth-order valence-electron chi connectivity index (χ4n) is 0.950. The van der Waals surface area contributed by atoms with Crippen LogP contribution >= 0.6 is 0 Å². The first-order valence-corrected chi connectivity index (χ1v) is 5.17. The Morgan fingerprint density at radius 1 is 1.38 bits per heavy atom. The summed E-state index contributed by atoms with van der Waals surface area (Å²) in [5, 5.41) is 8.04. The zero-order valence-electron chi connectivity index (χ0n) is 7.01. The first-order valence-electron chi connectivity index (χ1n) is 3.66. The Labute approximate surface area is 76.6 Å². The summed E-state index contributed by atoms with van der Waals surface area (Å²) in [7, 11) is -4.08. The highest BCUT2D eigenvalue weighted by molar-refractivity contribution is 7.86. The second-order valence-electron chi connectivity index (χ2n) is 2.75. The van der Waals surface area contributed by atoms with Gasteiger partial charge in [-0.25, -0.2) is 0 Å². The van der Waals surface area contributed by atoms with Crippen molar-refractivity contribution in [3.63, 3.8) is 0 Å². The fourth-order valence-corrected chi connectivity index (χ4v) is 1.44. The summed E-state index contributed by atoms with van der Waals surface area (Å²) >= 11 is 0. The molecule has 0 heterocycles. The summed E-state index contributed by atoms with van der Waals surface area (Å²) in [5.41, 5.74) is 0.363. The molecule has 0 amide bonds. The second kappa shape index (κ2) is 3.35. The van der Waals surface area contributed by atoms with E-state index in [0.717, 1.165) is 0 Å². The molecule has 1 atom stereocenters. The van der Waals surface area contributed by atoms with Crippen LogP contribution in [0.2, 0.25) is 0 Å². The first-order chi connectivity index (χ1) is 5.91. The van der Waals surface area contributed by atoms with Crippen molar-refractivity contribution in [3.05, 3.63) is 29.8 Å². The molecule has 0 aromatic heterocycles. The number of benzene rings is 1. The van der Waals surface area contributed by atoms with Crippen LogP contribution in [0, 0.1) is 0 Å². The van der Waals surface area contributed by atoms with E-state index in [9.17, 15) is 8.42 Å². The molecule has 0 saturated heterocycles. The average Bonchev–Trinajstić information content (AvgIpc) is 2.01. The lowest BCUT2D eigenvalue weighted by atomic mass is 10.1. The van der Waals surface area contributed by atoms with Gasteiger partial charge in [0.2, 0.25) is 0 Å². The predicted molar refractivity (Wildman–Crippen MR) is 48.1 cm³/mol. The molecule has 0 aliphatic rings. The Morgan fingerprint density at radius 3 is 2.46 bits per heavy atom. The molecule has 0 radical (unpaired) electrons. The van der Waals surface area contributed by atoms with Crippen molar-refractivity contribution in [1.29, 1.82) is 0 Å². The molecule has 1 aromatic rings. The molecule has 0 spiro atoms. The molecule has 0 bridgehead atoms. The maximum atomic E-state index is 10.7. The summed E-state index contributed by atoms with van der Waals surface area (Å²) in [6, 6.07) is 5.78. The van der Waals surface area contributed by atoms with E-state index in [-0.39, 0.29) is 5.75 Å². The van der Waals surface area contributed by atoms with Crippen LogP contribution in [0.15, 0.2) is 24.3 Å². The van der Waals surface area contributed by atoms with Crippen LogP contribution in [0.25, 0.3) is 0 Å². The van der Waals surface area contributed by atoms with E-state index in [2.05, 4.69) is 0 Å². The normalized spacial score (nSPS) is 14.0. The number of hydrogen-bond acceptors (Lipinski definition) is 3. The van der Waals surface area contributed by atoms with Crippen LogP contribution in [-0.2, 0) is 10.1 Å². The molecule has 5 heteroatoms. The smallest absolute Gasteiger partial charge is 0.271 e. The lowest BCUT2D eigenvalue weighted by Gasteiger charge is -2.07. The Kier molecular flexibility index (Phi) is 2.58. The maximum absolute atomic E-state index is 10.7. The van der Waals surface area contributed by atoms with Gasteiger partial charge in [0.25, 0.3) is 10.1 Å². The summed E-state index contributed by atoms with van der Waals surface area (Å²) in [4.78, 5) is 0. The minimum atomic E-state index is -4.08. The number of phenols is 1. The first kappa shape index (κ1) is 10.0. The van der Waals surface area contributed by atoms with E-state index in [1.54, 1.807) is 0 Å². The number of phenolic OH excluding ortho intramolecular Hbond substituents is 1. The van der Waals surface area contributed by atoms with Gasteiger partial charge >= 0.3 is 0 Å². The van der Waals surface area contributed by atoms with E-state index in [0.29, 0.717) is 5.56 Å². The van der Waals surface area contributed by atoms with Crippen molar-refractivity contribution in [3.8, 4) is 5.75 Å². The Hall–Kier alpha value is -1.07. The summed E-state index contributed by atoms with van der Waals surface area (Å²) in [6.07, 6.45) is 0. The third kappa shape index (κ3) is 2.43. The highest BCUT2D eigenvalue weighted by atomic mass is 32.2. The predicted octanol–water partition coefficient (Wildman–Crippen LogP) is 1.34. The molecule has 72 valence electrons. The molecule has 2 N–H and O–H groups in total. The lowest BCUT2D eigenvalue weighted by Crippen LogP contribution is -2.07. The Balaban J connectivity index is 3.10. The van der Waals surface area contributed by atoms with Crippen LogP contribution in [0.5, 0.6) is 5.75 Å². The third-order valence-corrected chi connectivity index (χ3v) is 2.95. The topological polar surface area (TPSA) is 74.6 Å². The van der Waals surface area contributed by atoms with Crippen LogP contribution in [0.3, 0.4) is 0 Å². The summed E-state index contributed by atoms with van der Waals surface area (Å²) in [6.45, 7) is 1.35. The van der Waals surface area contributed by atoms with E-state index >= 15 is 0 Å². The average molecular weight is 202 g/mol. The van der Waals surface area contributed by atoms with Crippen LogP contribution in [0.4, 0.5) is 0 Å². The van der Waals surface area contributed by atoms with Crippen LogP contribution < -0.4 is 0 Å². The van der Waals surface area contributed by atoms with Gasteiger partial charge in [-0.2, -0.15) is 8.42 Å². The SMILES string of the molecule is CC(c1cccc(O)c1)S(=O)(=O)O. The molecular formula is C8H10O4S. The van der Waals surface area contributed by atoms with E-state index in [1.807, 2.05) is 0 Å². The molecular weight excluding hydrogens is 192 g/mol. The molecule has 1 unspecified atom stereocenters. The molecule has 0 aliphatic carbocycles. The van der Waals surface area contributed by atoms with Crippen molar-refractivity contribution in [2.75, 3.05) is 0 Å². The minimum absolute atomic E-state index is 0.0204. The second-order valence-corrected chi connectivity index (χ2v) is 4.49. The van der Waals surface area contributed by atoms with Gasteiger partial charge in [0.05, 0.1) is 0 Å². The van der Waals surface area contributed by atoms with Crippen LogP contribution in [0.1, 0.15) is 17.7 Å². The van der Waals surface area contributed by atoms with Gasteiger partial charge in [-0.3, -0.25) is 4.55 Å². The Morgan fingerprint density at radius 2 is 2.00 bits per heavy atom. The molecule has 4 nitrogen and oxygen atoms in total. The summed E-state index contributed by atoms with van der Waals surface area (Å²) < 4.78 is 30.2. The molecule has 1 rings (SSSR count).